The number of benzene rings is 2. The number of hydrazine groups is 1. The zero-order chi connectivity index (χ0) is 19.5. The number of aliphatic hydroxyl groups excluding tert-OH is 1. The second kappa shape index (κ2) is 8.14. The highest BCUT2D eigenvalue weighted by Crippen LogP contribution is 2.39. The van der Waals surface area contributed by atoms with E-state index in [9.17, 15) is 14.3 Å². The van der Waals surface area contributed by atoms with E-state index in [-0.39, 0.29) is 37.1 Å². The van der Waals surface area contributed by atoms with Gasteiger partial charge in [0.25, 0.3) is 5.91 Å². The molecule has 0 radical (unpaired) electrons. The largest absolute Gasteiger partial charge is 0.485 e. The van der Waals surface area contributed by atoms with E-state index < -0.39 is 0 Å². The average molecular weight is 387 g/mol. The molecule has 1 fully saturated rings. The molecule has 3 N–H and O–H groups in total. The highest BCUT2D eigenvalue weighted by Gasteiger charge is 2.31. The number of aliphatic hydroxyl groups is 1. The third-order valence-corrected chi connectivity index (χ3v) is 4.87. The Morgan fingerprint density at radius 3 is 2.89 bits per heavy atom. The number of ether oxygens (including phenoxy) is 2. The third-order valence-electron chi connectivity index (χ3n) is 4.87. The van der Waals surface area contributed by atoms with Crippen molar-refractivity contribution in [3.05, 3.63) is 59.4 Å². The summed E-state index contributed by atoms with van der Waals surface area (Å²) >= 11 is 0. The maximum Gasteiger partial charge on any atom is 0.265 e. The van der Waals surface area contributed by atoms with Crippen molar-refractivity contribution in [2.24, 2.45) is 0 Å². The Balaban J connectivity index is 1.56. The fourth-order valence-electron chi connectivity index (χ4n) is 3.43. The van der Waals surface area contributed by atoms with Crippen LogP contribution in [0.4, 0.5) is 4.39 Å². The van der Waals surface area contributed by atoms with E-state index in [0.29, 0.717) is 30.2 Å². The van der Waals surface area contributed by atoms with E-state index in [1.807, 2.05) is 17.1 Å². The van der Waals surface area contributed by atoms with Crippen LogP contribution in [0.25, 0.3) is 0 Å². The number of hydrogen-bond donors (Lipinski definition) is 3. The molecule has 8 heteroatoms. The number of hydrogen-bond acceptors (Lipinski definition) is 6. The van der Waals surface area contributed by atoms with Gasteiger partial charge in [-0.25, -0.2) is 9.40 Å². The Morgan fingerprint density at radius 2 is 2.11 bits per heavy atom. The molecular formula is C20H22FN3O4. The molecule has 0 spiro atoms. The van der Waals surface area contributed by atoms with Crippen LogP contribution in [-0.2, 0) is 0 Å². The molecule has 0 aliphatic carbocycles. The van der Waals surface area contributed by atoms with E-state index in [4.69, 9.17) is 9.47 Å². The quantitative estimate of drug-likeness (QED) is 0.733. The number of rotatable bonds is 4. The second-order valence-corrected chi connectivity index (χ2v) is 6.77. The molecule has 0 bridgehead atoms. The summed E-state index contributed by atoms with van der Waals surface area (Å²) in [4.78, 5) is 12.6. The standard InChI is InChI=1S/C20H22FN3O4/c21-14-6-4-13(5-7-14)20(26)23-24-9-8-22-10-17(24)16-2-1-3-18-19(16)27-12-15(11-25)28-18/h1-7,15,17,22,25H,8-12H2,(H,23,26). The fourth-order valence-corrected chi connectivity index (χ4v) is 3.43. The molecule has 0 saturated carbocycles. The summed E-state index contributed by atoms with van der Waals surface area (Å²) in [6.07, 6.45) is -0.387. The molecule has 2 unspecified atom stereocenters. The number of para-hydroxylation sites is 1. The molecule has 7 nitrogen and oxygen atoms in total. The van der Waals surface area contributed by atoms with Crippen LogP contribution < -0.4 is 20.2 Å². The Labute approximate surface area is 162 Å². The van der Waals surface area contributed by atoms with Crippen LogP contribution in [0.2, 0.25) is 0 Å². The van der Waals surface area contributed by atoms with E-state index >= 15 is 0 Å². The molecule has 2 atom stereocenters. The van der Waals surface area contributed by atoms with Crippen molar-refractivity contribution in [2.45, 2.75) is 12.1 Å². The van der Waals surface area contributed by atoms with Crippen LogP contribution in [-0.4, -0.2) is 55.0 Å². The molecule has 2 aliphatic rings. The Bertz CT molecular complexity index is 846. The normalized spacial score (nSPS) is 21.9. The number of carbonyl (C=O) groups excluding carboxylic acids is 1. The molecule has 28 heavy (non-hydrogen) atoms. The maximum atomic E-state index is 13.1. The van der Waals surface area contributed by atoms with Crippen molar-refractivity contribution in [2.75, 3.05) is 32.8 Å². The van der Waals surface area contributed by atoms with Gasteiger partial charge in [0.05, 0.1) is 12.6 Å². The Hall–Kier alpha value is -2.68. The van der Waals surface area contributed by atoms with Gasteiger partial charge in [-0.15, -0.1) is 0 Å². The van der Waals surface area contributed by atoms with Gasteiger partial charge in [0, 0.05) is 30.8 Å². The van der Waals surface area contributed by atoms with Gasteiger partial charge >= 0.3 is 0 Å². The Morgan fingerprint density at radius 1 is 1.29 bits per heavy atom. The van der Waals surface area contributed by atoms with Gasteiger partial charge in [-0.1, -0.05) is 12.1 Å². The summed E-state index contributed by atoms with van der Waals surface area (Å²) in [5.74, 6) is 0.528. The summed E-state index contributed by atoms with van der Waals surface area (Å²) in [6.45, 7) is 2.09. The first-order valence-electron chi connectivity index (χ1n) is 9.23. The minimum Gasteiger partial charge on any atom is -0.485 e. The lowest BCUT2D eigenvalue weighted by Crippen LogP contribution is -2.54. The molecule has 1 amide bonds. The number of amides is 1. The number of piperazine rings is 1. The van der Waals surface area contributed by atoms with Crippen LogP contribution in [0.15, 0.2) is 42.5 Å². The van der Waals surface area contributed by atoms with Crippen LogP contribution in [0, 0.1) is 5.82 Å². The number of fused-ring (bicyclic) bond motifs is 1. The molecule has 148 valence electrons. The van der Waals surface area contributed by atoms with E-state index in [1.54, 1.807) is 6.07 Å². The van der Waals surface area contributed by atoms with Crippen molar-refractivity contribution in [3.8, 4) is 11.5 Å². The van der Waals surface area contributed by atoms with E-state index in [1.165, 1.54) is 24.3 Å². The summed E-state index contributed by atoms with van der Waals surface area (Å²) in [6, 6.07) is 10.9. The van der Waals surface area contributed by atoms with Crippen molar-refractivity contribution in [3.63, 3.8) is 0 Å². The van der Waals surface area contributed by atoms with Crippen molar-refractivity contribution >= 4 is 5.91 Å². The predicted octanol–water partition coefficient (Wildman–Crippen LogP) is 1.25. The highest BCUT2D eigenvalue weighted by atomic mass is 19.1. The monoisotopic (exact) mass is 387 g/mol. The van der Waals surface area contributed by atoms with Gasteiger partial charge in [-0.3, -0.25) is 10.2 Å². The van der Waals surface area contributed by atoms with Crippen molar-refractivity contribution in [1.29, 1.82) is 0 Å². The van der Waals surface area contributed by atoms with Gasteiger partial charge in [0.1, 0.15) is 12.4 Å². The first kappa shape index (κ1) is 18.7. The summed E-state index contributed by atoms with van der Waals surface area (Å²) in [7, 11) is 0. The lowest BCUT2D eigenvalue weighted by atomic mass is 10.0. The van der Waals surface area contributed by atoms with Crippen LogP contribution in [0.3, 0.4) is 0 Å². The predicted molar refractivity (Wildman–Crippen MR) is 99.6 cm³/mol. The smallest absolute Gasteiger partial charge is 0.265 e. The zero-order valence-electron chi connectivity index (χ0n) is 15.2. The van der Waals surface area contributed by atoms with E-state index in [0.717, 1.165) is 12.1 Å². The second-order valence-electron chi connectivity index (χ2n) is 6.77. The first-order valence-corrected chi connectivity index (χ1v) is 9.23. The van der Waals surface area contributed by atoms with Crippen molar-refractivity contribution in [1.82, 2.24) is 15.8 Å². The molecule has 0 aromatic heterocycles. The SMILES string of the molecule is O=C(NN1CCNCC1c1cccc2c1OCC(CO)O2)c1ccc(F)cc1. The molecule has 1 saturated heterocycles. The van der Waals surface area contributed by atoms with Crippen molar-refractivity contribution < 1.29 is 23.8 Å². The first-order chi connectivity index (χ1) is 13.7. The van der Waals surface area contributed by atoms with Gasteiger partial charge < -0.3 is 19.9 Å². The van der Waals surface area contributed by atoms with Gasteiger partial charge in [0.2, 0.25) is 0 Å². The van der Waals surface area contributed by atoms with Crippen LogP contribution in [0.5, 0.6) is 11.5 Å². The number of nitrogens with zero attached hydrogens (tertiary/aromatic N) is 1. The molecule has 2 aliphatic heterocycles. The fraction of sp³-hybridized carbons (Fsp3) is 0.350. The average Bonchev–Trinajstić information content (AvgIpc) is 2.73. The zero-order valence-corrected chi connectivity index (χ0v) is 15.2. The number of carbonyl (C=O) groups is 1. The van der Waals surface area contributed by atoms with Gasteiger partial charge in [-0.2, -0.15) is 0 Å². The molecule has 2 aromatic carbocycles. The third kappa shape index (κ3) is 3.80. The number of halogens is 1. The summed E-state index contributed by atoms with van der Waals surface area (Å²) in [5.41, 5.74) is 4.20. The minimum absolute atomic E-state index is 0.117. The van der Waals surface area contributed by atoms with Crippen LogP contribution in [0.1, 0.15) is 22.0 Å². The number of nitrogens with one attached hydrogen (secondary N) is 2. The summed E-state index contributed by atoms with van der Waals surface area (Å²) in [5, 5.41) is 14.5. The Kier molecular flexibility index (Phi) is 5.43. The molecule has 2 heterocycles. The molecule has 4 rings (SSSR count). The van der Waals surface area contributed by atoms with Crippen LogP contribution >= 0.6 is 0 Å². The van der Waals surface area contributed by atoms with Gasteiger partial charge in [0.15, 0.2) is 17.6 Å². The maximum absolute atomic E-state index is 13.1. The lowest BCUT2D eigenvalue weighted by Gasteiger charge is -2.38. The summed E-state index contributed by atoms with van der Waals surface area (Å²) < 4.78 is 24.8. The van der Waals surface area contributed by atoms with Gasteiger partial charge in [-0.05, 0) is 30.3 Å². The van der Waals surface area contributed by atoms with E-state index in [2.05, 4.69) is 10.7 Å². The highest BCUT2D eigenvalue weighted by molar-refractivity contribution is 5.93. The lowest BCUT2D eigenvalue weighted by molar-refractivity contribution is 0.0399. The minimum atomic E-state index is -0.387. The topological polar surface area (TPSA) is 83.1 Å². The molecule has 2 aromatic rings. The molecular weight excluding hydrogens is 365 g/mol.